The molecule has 0 aliphatic heterocycles. The first-order chi connectivity index (χ1) is 15.3. The van der Waals surface area contributed by atoms with Crippen LogP contribution in [0.4, 0.5) is 0 Å². The van der Waals surface area contributed by atoms with Crippen molar-refractivity contribution in [1.29, 1.82) is 0 Å². The second-order valence-electron chi connectivity index (χ2n) is 6.95. The van der Waals surface area contributed by atoms with Crippen molar-refractivity contribution in [3.63, 3.8) is 0 Å². The number of hydrogen-bond donors (Lipinski definition) is 2. The van der Waals surface area contributed by atoms with Crippen LogP contribution in [0.1, 0.15) is 78.1 Å². The molecule has 2 N–H and O–H groups in total. The van der Waals surface area contributed by atoms with Crippen molar-refractivity contribution < 1.29 is 37.9 Å². The lowest BCUT2D eigenvalue weighted by Gasteiger charge is -2.17. The van der Waals surface area contributed by atoms with E-state index in [-0.39, 0.29) is 6.42 Å². The van der Waals surface area contributed by atoms with Gasteiger partial charge in [-0.2, -0.15) is 0 Å². The minimum atomic E-state index is -4.77. The minimum absolute atomic E-state index is 0.157. The second-order valence-corrected chi connectivity index (χ2v) is 8.19. The first-order valence-electron chi connectivity index (χ1n) is 10.8. The summed E-state index contributed by atoms with van der Waals surface area (Å²) in [7, 11) is -4.77. The Balaban J connectivity index is 4.36. The summed E-state index contributed by atoms with van der Waals surface area (Å²) in [5, 5.41) is 0. The number of phosphoric ester groups is 1. The topological polar surface area (TPSA) is 119 Å². The van der Waals surface area contributed by atoms with Gasteiger partial charge in [0.1, 0.15) is 6.61 Å². The molecule has 0 bridgehead atoms. The van der Waals surface area contributed by atoms with Crippen LogP contribution in [-0.2, 0) is 28.2 Å². The van der Waals surface area contributed by atoms with Gasteiger partial charge in [0.25, 0.3) is 0 Å². The van der Waals surface area contributed by atoms with Gasteiger partial charge in [0.2, 0.25) is 0 Å². The molecule has 1 atom stereocenters. The largest absolute Gasteiger partial charge is 0.469 e. The van der Waals surface area contributed by atoms with Crippen LogP contribution in [0.3, 0.4) is 0 Å². The van der Waals surface area contributed by atoms with Gasteiger partial charge in [-0.1, -0.05) is 64.2 Å². The van der Waals surface area contributed by atoms with Crippen molar-refractivity contribution in [2.45, 2.75) is 84.2 Å². The quantitative estimate of drug-likeness (QED) is 0.116. The Morgan fingerprint density at radius 2 is 1.47 bits per heavy atom. The predicted octanol–water partition coefficient (Wildman–Crippen LogP) is 3.50. The molecule has 0 saturated heterocycles. The molecular weight excluding hydrogens is 435 g/mol. The van der Waals surface area contributed by atoms with E-state index in [0.717, 1.165) is 19.3 Å². The lowest BCUT2D eigenvalue weighted by Crippen LogP contribution is -2.29. The van der Waals surface area contributed by atoms with Gasteiger partial charge in [0, 0.05) is 12.3 Å². The molecule has 0 rings (SSSR count). The molecule has 0 spiro atoms. The molecule has 0 aliphatic carbocycles. The molecule has 9 heteroatoms. The Morgan fingerprint density at radius 1 is 0.875 bits per heavy atom. The Hall–Kier alpha value is -2.27. The first-order valence-corrected chi connectivity index (χ1v) is 12.3. The number of carbonyl (C=O) groups excluding carboxylic acids is 2. The summed E-state index contributed by atoms with van der Waals surface area (Å²) >= 11 is 0. The van der Waals surface area contributed by atoms with Crippen LogP contribution in [-0.4, -0.2) is 41.0 Å². The second kappa shape index (κ2) is 19.4. The van der Waals surface area contributed by atoms with Gasteiger partial charge >= 0.3 is 19.8 Å². The van der Waals surface area contributed by atoms with E-state index in [0.29, 0.717) is 6.42 Å². The summed E-state index contributed by atoms with van der Waals surface area (Å²) < 4.78 is 25.3. The van der Waals surface area contributed by atoms with Crippen molar-refractivity contribution in [3.8, 4) is 35.5 Å². The number of esters is 2. The SMILES string of the molecule is CC#CC#CC#CC(=O)OC[C@H](COP(=O)(O)O)OC(=O)CCCCCCCCCCC. The fourth-order valence-corrected chi connectivity index (χ4v) is 2.89. The fourth-order valence-electron chi connectivity index (χ4n) is 2.53. The van der Waals surface area contributed by atoms with Gasteiger partial charge in [-0.3, -0.25) is 9.32 Å². The molecule has 0 radical (unpaired) electrons. The van der Waals surface area contributed by atoms with Crippen molar-refractivity contribution >= 4 is 19.8 Å². The van der Waals surface area contributed by atoms with Crippen LogP contribution < -0.4 is 0 Å². The third-order valence-electron chi connectivity index (χ3n) is 4.09. The van der Waals surface area contributed by atoms with E-state index >= 15 is 0 Å². The average molecular weight is 468 g/mol. The number of unbranched alkanes of at least 4 members (excludes halogenated alkanes) is 8. The Kier molecular flexibility index (Phi) is 18.0. The van der Waals surface area contributed by atoms with Crippen LogP contribution in [0.2, 0.25) is 0 Å². The van der Waals surface area contributed by atoms with Crippen LogP contribution in [0, 0.1) is 35.5 Å². The van der Waals surface area contributed by atoms with Crippen LogP contribution in [0.5, 0.6) is 0 Å². The average Bonchev–Trinajstić information content (AvgIpc) is 2.73. The van der Waals surface area contributed by atoms with Crippen LogP contribution in [0.15, 0.2) is 0 Å². The molecular formula is C23H33O8P. The molecule has 0 aromatic heterocycles. The predicted molar refractivity (Wildman–Crippen MR) is 120 cm³/mol. The van der Waals surface area contributed by atoms with Crippen molar-refractivity contribution in [2.75, 3.05) is 13.2 Å². The first kappa shape index (κ1) is 29.7. The molecule has 8 nitrogen and oxygen atoms in total. The zero-order valence-electron chi connectivity index (χ0n) is 18.9. The molecule has 0 unspecified atom stereocenters. The van der Waals surface area contributed by atoms with E-state index in [2.05, 4.69) is 47.0 Å². The van der Waals surface area contributed by atoms with Gasteiger partial charge in [0.05, 0.1) is 6.61 Å². The van der Waals surface area contributed by atoms with E-state index in [1.807, 2.05) is 0 Å². The Labute approximate surface area is 191 Å². The summed E-state index contributed by atoms with van der Waals surface area (Å²) in [6, 6.07) is 0. The maximum absolute atomic E-state index is 12.0. The highest BCUT2D eigenvalue weighted by Crippen LogP contribution is 2.35. The van der Waals surface area contributed by atoms with Crippen LogP contribution in [0.25, 0.3) is 0 Å². The summed E-state index contributed by atoms with van der Waals surface area (Å²) in [6.07, 6.45) is 8.86. The summed E-state index contributed by atoms with van der Waals surface area (Å²) in [5.74, 6) is 12.6. The highest BCUT2D eigenvalue weighted by Gasteiger charge is 2.22. The van der Waals surface area contributed by atoms with Crippen molar-refractivity contribution in [1.82, 2.24) is 0 Å². The highest BCUT2D eigenvalue weighted by molar-refractivity contribution is 7.46. The number of carbonyl (C=O) groups is 2. The molecule has 0 amide bonds. The summed E-state index contributed by atoms with van der Waals surface area (Å²) in [4.78, 5) is 41.3. The van der Waals surface area contributed by atoms with Gasteiger partial charge in [-0.15, -0.1) is 0 Å². The molecule has 0 aromatic carbocycles. The van der Waals surface area contributed by atoms with E-state index in [4.69, 9.17) is 19.3 Å². The monoisotopic (exact) mass is 468 g/mol. The minimum Gasteiger partial charge on any atom is -0.456 e. The number of hydrogen-bond acceptors (Lipinski definition) is 6. The molecule has 32 heavy (non-hydrogen) atoms. The molecule has 178 valence electrons. The lowest BCUT2D eigenvalue weighted by atomic mass is 10.1. The molecule has 0 saturated carbocycles. The maximum atomic E-state index is 12.0. The number of rotatable bonds is 16. The third kappa shape index (κ3) is 21.0. The fraction of sp³-hybridized carbons (Fsp3) is 0.652. The number of phosphoric acid groups is 1. The normalized spacial score (nSPS) is 11.0. The van der Waals surface area contributed by atoms with Crippen LogP contribution >= 0.6 is 7.82 Å². The Morgan fingerprint density at radius 3 is 2.06 bits per heavy atom. The zero-order valence-corrected chi connectivity index (χ0v) is 19.7. The highest BCUT2D eigenvalue weighted by atomic mass is 31.2. The van der Waals surface area contributed by atoms with Gasteiger partial charge in [-0.25, -0.2) is 9.36 Å². The van der Waals surface area contributed by atoms with Crippen molar-refractivity contribution in [3.05, 3.63) is 0 Å². The molecule has 0 aliphatic rings. The summed E-state index contributed by atoms with van der Waals surface area (Å²) in [6.45, 7) is 2.70. The molecule has 0 aromatic rings. The van der Waals surface area contributed by atoms with Gasteiger partial charge < -0.3 is 19.3 Å². The third-order valence-corrected chi connectivity index (χ3v) is 4.57. The molecule has 0 heterocycles. The number of ether oxygens (including phenoxy) is 2. The molecule has 0 fully saturated rings. The smallest absolute Gasteiger partial charge is 0.456 e. The summed E-state index contributed by atoms with van der Waals surface area (Å²) in [5.41, 5.74) is 0. The maximum Gasteiger partial charge on any atom is 0.469 e. The Bertz CT molecular complexity index is 782. The van der Waals surface area contributed by atoms with E-state index < -0.39 is 39.1 Å². The van der Waals surface area contributed by atoms with E-state index in [1.54, 1.807) is 6.92 Å². The van der Waals surface area contributed by atoms with E-state index in [9.17, 15) is 14.2 Å². The van der Waals surface area contributed by atoms with Gasteiger partial charge in [-0.05, 0) is 37.0 Å². The standard InChI is InChI=1S/C23H33O8P/c1-3-5-7-9-10-11-12-14-16-18-23(25)31-21(20-30-32(26,27)28)19-29-22(24)17-15-13-8-6-4-2/h21H,3,5,7,9-12,14,16,18-20H2,1-2H3,(H2,26,27,28)/t21-/m1/s1. The van der Waals surface area contributed by atoms with Crippen molar-refractivity contribution in [2.24, 2.45) is 0 Å². The zero-order chi connectivity index (χ0) is 24.1. The van der Waals surface area contributed by atoms with Gasteiger partial charge in [0.15, 0.2) is 6.10 Å². The van der Waals surface area contributed by atoms with E-state index in [1.165, 1.54) is 32.1 Å². The lowest BCUT2D eigenvalue weighted by molar-refractivity contribution is -0.158.